The standard InChI is InChI=1S/C20H18BrNO4S/c1-3-26-19(23)20(12-22)17(14-6-8-15(21)9-7-14)18(20)27(24,25)16-10-4-13(2)5-11-16/h4-11,17-18H,3H2,1-2H3. The van der Waals surface area contributed by atoms with Crippen LogP contribution < -0.4 is 0 Å². The topological polar surface area (TPSA) is 84.2 Å². The highest BCUT2D eigenvalue weighted by Gasteiger charge is 2.77. The second kappa shape index (κ2) is 7.10. The molecule has 0 N–H and O–H groups in total. The first-order chi connectivity index (χ1) is 12.8. The first kappa shape index (κ1) is 19.6. The van der Waals surface area contributed by atoms with Crippen molar-refractivity contribution in [2.24, 2.45) is 5.41 Å². The van der Waals surface area contributed by atoms with Crippen LogP contribution in [0.4, 0.5) is 0 Å². The van der Waals surface area contributed by atoms with E-state index in [1.165, 1.54) is 12.1 Å². The van der Waals surface area contributed by atoms with E-state index in [0.717, 1.165) is 10.0 Å². The lowest BCUT2D eigenvalue weighted by Gasteiger charge is -2.09. The number of halogens is 1. The van der Waals surface area contributed by atoms with Crippen molar-refractivity contribution < 1.29 is 17.9 Å². The SMILES string of the molecule is CCOC(=O)C1(C#N)C(c2ccc(Br)cc2)C1S(=O)(=O)c1ccc(C)cc1. The van der Waals surface area contributed by atoms with Gasteiger partial charge in [0.1, 0.15) is 5.25 Å². The number of esters is 1. The number of ether oxygens (including phenoxy) is 1. The predicted octanol–water partition coefficient (Wildman–Crippen LogP) is 3.77. The van der Waals surface area contributed by atoms with E-state index in [0.29, 0.717) is 5.56 Å². The van der Waals surface area contributed by atoms with Gasteiger partial charge in [-0.05, 0) is 43.7 Å². The maximum absolute atomic E-state index is 13.3. The van der Waals surface area contributed by atoms with E-state index >= 15 is 0 Å². The van der Waals surface area contributed by atoms with E-state index in [1.807, 2.05) is 13.0 Å². The smallest absolute Gasteiger partial charge is 0.328 e. The van der Waals surface area contributed by atoms with Gasteiger partial charge in [0.05, 0.1) is 17.6 Å². The van der Waals surface area contributed by atoms with Gasteiger partial charge >= 0.3 is 5.97 Å². The van der Waals surface area contributed by atoms with Gasteiger partial charge in [-0.3, -0.25) is 4.79 Å². The molecular weight excluding hydrogens is 430 g/mol. The summed E-state index contributed by atoms with van der Waals surface area (Å²) in [4.78, 5) is 12.7. The van der Waals surface area contributed by atoms with Crippen molar-refractivity contribution >= 4 is 31.7 Å². The van der Waals surface area contributed by atoms with Crippen LogP contribution >= 0.6 is 15.9 Å². The van der Waals surface area contributed by atoms with Gasteiger partial charge in [0.25, 0.3) is 0 Å². The molecule has 3 rings (SSSR count). The van der Waals surface area contributed by atoms with Crippen LogP contribution in [0, 0.1) is 23.7 Å². The lowest BCUT2D eigenvalue weighted by atomic mass is 10.0. The Morgan fingerprint density at radius 3 is 2.30 bits per heavy atom. The molecule has 5 nitrogen and oxygen atoms in total. The minimum atomic E-state index is -3.91. The number of hydrogen-bond donors (Lipinski definition) is 0. The normalized spacial score (nSPS) is 24.1. The summed E-state index contributed by atoms with van der Waals surface area (Å²) in [7, 11) is -3.91. The highest BCUT2D eigenvalue weighted by Crippen LogP contribution is 2.64. The molecule has 1 fully saturated rings. The third-order valence-electron chi connectivity index (χ3n) is 4.84. The summed E-state index contributed by atoms with van der Waals surface area (Å²) in [5.74, 6) is -1.57. The van der Waals surface area contributed by atoms with Crippen LogP contribution in [0.3, 0.4) is 0 Å². The molecule has 1 aliphatic rings. The number of sulfone groups is 1. The molecule has 2 aromatic rings. The zero-order valence-corrected chi connectivity index (χ0v) is 17.2. The molecule has 0 aromatic heterocycles. The van der Waals surface area contributed by atoms with Crippen LogP contribution in [0.1, 0.15) is 24.0 Å². The Hall–Kier alpha value is -2.17. The molecule has 0 bridgehead atoms. The van der Waals surface area contributed by atoms with Crippen LogP contribution in [0.25, 0.3) is 0 Å². The van der Waals surface area contributed by atoms with Crippen LogP contribution in [0.5, 0.6) is 0 Å². The fourth-order valence-electron chi connectivity index (χ4n) is 3.43. The number of nitrogens with zero attached hydrogens (tertiary/aromatic N) is 1. The Kier molecular flexibility index (Phi) is 5.15. The van der Waals surface area contributed by atoms with E-state index in [2.05, 4.69) is 15.9 Å². The fraction of sp³-hybridized carbons (Fsp3) is 0.300. The zero-order valence-electron chi connectivity index (χ0n) is 14.8. The molecule has 1 saturated carbocycles. The molecule has 0 saturated heterocycles. The third kappa shape index (κ3) is 3.17. The summed E-state index contributed by atoms with van der Waals surface area (Å²) in [6, 6.07) is 15.4. The molecule has 7 heteroatoms. The average Bonchev–Trinajstić information content (AvgIpc) is 3.34. The minimum absolute atomic E-state index is 0.0760. The van der Waals surface area contributed by atoms with E-state index in [4.69, 9.17) is 4.74 Å². The maximum Gasteiger partial charge on any atom is 0.328 e. The minimum Gasteiger partial charge on any atom is -0.465 e. The van der Waals surface area contributed by atoms with Crippen LogP contribution in [-0.2, 0) is 19.4 Å². The van der Waals surface area contributed by atoms with Crippen molar-refractivity contribution in [3.8, 4) is 6.07 Å². The zero-order chi connectivity index (χ0) is 19.8. The summed E-state index contributed by atoms with van der Waals surface area (Å²) in [5, 5.41) is 8.66. The Labute approximate surface area is 167 Å². The van der Waals surface area contributed by atoms with Gasteiger partial charge in [0.2, 0.25) is 0 Å². The number of benzene rings is 2. The number of carbonyl (C=O) groups is 1. The maximum atomic E-state index is 13.3. The summed E-state index contributed by atoms with van der Waals surface area (Å²) in [6.07, 6.45) is 0. The highest BCUT2D eigenvalue weighted by molar-refractivity contribution is 9.10. The van der Waals surface area contributed by atoms with E-state index < -0.39 is 32.4 Å². The number of carbonyl (C=O) groups excluding carboxylic acids is 1. The molecule has 1 aliphatic carbocycles. The van der Waals surface area contributed by atoms with Gasteiger partial charge in [-0.25, -0.2) is 8.42 Å². The molecule has 0 heterocycles. The number of hydrogen-bond acceptors (Lipinski definition) is 5. The summed E-state index contributed by atoms with van der Waals surface area (Å²) >= 11 is 3.34. The Bertz CT molecular complexity index is 1010. The van der Waals surface area contributed by atoms with Crippen LogP contribution in [0.2, 0.25) is 0 Å². The molecule has 0 spiro atoms. The van der Waals surface area contributed by atoms with Crippen molar-refractivity contribution in [2.45, 2.75) is 29.9 Å². The predicted molar refractivity (Wildman–Crippen MR) is 104 cm³/mol. The lowest BCUT2D eigenvalue weighted by molar-refractivity contribution is -0.147. The Morgan fingerprint density at radius 2 is 1.78 bits per heavy atom. The first-order valence-electron chi connectivity index (χ1n) is 8.43. The summed E-state index contributed by atoms with van der Waals surface area (Å²) in [5.41, 5.74) is -0.201. The van der Waals surface area contributed by atoms with Crippen molar-refractivity contribution in [3.05, 3.63) is 64.1 Å². The number of nitriles is 1. The van der Waals surface area contributed by atoms with Gasteiger partial charge in [0, 0.05) is 10.4 Å². The van der Waals surface area contributed by atoms with E-state index in [9.17, 15) is 18.5 Å². The highest BCUT2D eigenvalue weighted by atomic mass is 79.9. The molecule has 3 atom stereocenters. The van der Waals surface area contributed by atoms with Gasteiger partial charge in [-0.15, -0.1) is 0 Å². The Balaban J connectivity index is 2.12. The largest absolute Gasteiger partial charge is 0.465 e. The molecule has 0 aliphatic heterocycles. The molecule has 0 amide bonds. The molecular formula is C20H18BrNO4S. The van der Waals surface area contributed by atoms with Crippen molar-refractivity contribution in [1.29, 1.82) is 5.26 Å². The van der Waals surface area contributed by atoms with Gasteiger partial charge in [-0.2, -0.15) is 5.26 Å². The quantitative estimate of drug-likeness (QED) is 0.651. The van der Waals surface area contributed by atoms with E-state index in [1.54, 1.807) is 43.3 Å². The van der Waals surface area contributed by atoms with Crippen LogP contribution in [-0.4, -0.2) is 26.2 Å². The van der Waals surface area contributed by atoms with Gasteiger partial charge < -0.3 is 4.74 Å². The molecule has 2 aromatic carbocycles. The summed E-state index contributed by atoms with van der Waals surface area (Å²) < 4.78 is 32.4. The Morgan fingerprint density at radius 1 is 1.19 bits per heavy atom. The van der Waals surface area contributed by atoms with Crippen molar-refractivity contribution in [2.75, 3.05) is 6.61 Å². The number of aryl methyl sites for hydroxylation is 1. The second-order valence-electron chi connectivity index (χ2n) is 6.51. The lowest BCUT2D eigenvalue weighted by Crippen LogP contribution is -2.25. The third-order valence-corrected chi connectivity index (χ3v) is 7.61. The van der Waals surface area contributed by atoms with E-state index in [-0.39, 0.29) is 11.5 Å². The fourth-order valence-corrected chi connectivity index (χ4v) is 5.94. The average molecular weight is 448 g/mol. The van der Waals surface area contributed by atoms with Crippen molar-refractivity contribution in [1.82, 2.24) is 0 Å². The van der Waals surface area contributed by atoms with Gasteiger partial charge in [0.15, 0.2) is 15.3 Å². The monoisotopic (exact) mass is 447 g/mol. The molecule has 27 heavy (non-hydrogen) atoms. The molecule has 140 valence electrons. The second-order valence-corrected chi connectivity index (χ2v) is 9.49. The molecule has 3 unspecified atom stereocenters. The summed E-state index contributed by atoms with van der Waals surface area (Å²) in [6.45, 7) is 3.56. The van der Waals surface area contributed by atoms with Crippen LogP contribution in [0.15, 0.2) is 57.9 Å². The number of rotatable bonds is 5. The molecule has 0 radical (unpaired) electrons. The van der Waals surface area contributed by atoms with Gasteiger partial charge in [-0.1, -0.05) is 45.8 Å². The first-order valence-corrected chi connectivity index (χ1v) is 10.8. The van der Waals surface area contributed by atoms with Crippen molar-refractivity contribution in [3.63, 3.8) is 0 Å².